The van der Waals surface area contributed by atoms with Crippen molar-refractivity contribution in [3.63, 3.8) is 0 Å². The first kappa shape index (κ1) is 18.4. The summed E-state index contributed by atoms with van der Waals surface area (Å²) in [4.78, 5) is 16.0. The van der Waals surface area contributed by atoms with Gasteiger partial charge in [0.05, 0.1) is 5.56 Å². The number of rotatable bonds is 5. The first-order valence-corrected chi connectivity index (χ1v) is 7.82. The molecule has 0 fully saturated rings. The van der Waals surface area contributed by atoms with Crippen LogP contribution in [0.15, 0.2) is 53.1 Å². The third kappa shape index (κ3) is 4.84. The number of aromatic nitrogens is 2. The number of nitrogens with zero attached hydrogens (tertiary/aromatic N) is 2. The van der Waals surface area contributed by atoms with Gasteiger partial charge in [-0.2, -0.15) is 18.2 Å². The van der Waals surface area contributed by atoms with Gasteiger partial charge in [0.25, 0.3) is 5.91 Å². The summed E-state index contributed by atoms with van der Waals surface area (Å²) in [5.41, 5.74) is 0.196. The highest BCUT2D eigenvalue weighted by Crippen LogP contribution is 2.29. The summed E-state index contributed by atoms with van der Waals surface area (Å²) in [6.07, 6.45) is -4.42. The van der Waals surface area contributed by atoms with E-state index in [0.29, 0.717) is 17.5 Å². The van der Waals surface area contributed by atoms with Crippen molar-refractivity contribution in [2.75, 3.05) is 11.9 Å². The molecule has 0 saturated carbocycles. The highest BCUT2D eigenvalue weighted by molar-refractivity contribution is 5.91. The Hall–Kier alpha value is -3.36. The Labute approximate surface area is 152 Å². The van der Waals surface area contributed by atoms with E-state index in [1.54, 1.807) is 31.2 Å². The summed E-state index contributed by atoms with van der Waals surface area (Å²) >= 11 is 0. The number of hydrogen-bond donors (Lipinski definition) is 1. The summed E-state index contributed by atoms with van der Waals surface area (Å²) in [6, 6.07) is 10.9. The number of nitrogens with one attached hydrogen (secondary N) is 1. The molecule has 0 unspecified atom stereocenters. The molecule has 1 aromatic heterocycles. The molecular weight excluding hydrogens is 363 g/mol. The van der Waals surface area contributed by atoms with Gasteiger partial charge in [0.2, 0.25) is 11.7 Å². The van der Waals surface area contributed by atoms with E-state index in [2.05, 4.69) is 15.5 Å². The SMILES string of the molecule is Cc1nc(-c2ccc(OCC(=O)Nc3ccc(C(F)(F)F)cc3)cc2)no1. The smallest absolute Gasteiger partial charge is 0.416 e. The fraction of sp³-hybridized carbons (Fsp3) is 0.167. The highest BCUT2D eigenvalue weighted by Gasteiger charge is 2.29. The average molecular weight is 377 g/mol. The third-order valence-corrected chi connectivity index (χ3v) is 3.51. The second-order valence-corrected chi connectivity index (χ2v) is 5.57. The topological polar surface area (TPSA) is 77.2 Å². The van der Waals surface area contributed by atoms with Crippen molar-refractivity contribution in [2.45, 2.75) is 13.1 Å². The van der Waals surface area contributed by atoms with Crippen molar-refractivity contribution in [1.82, 2.24) is 10.1 Å². The Morgan fingerprint density at radius 2 is 1.78 bits per heavy atom. The lowest BCUT2D eigenvalue weighted by Crippen LogP contribution is -2.20. The van der Waals surface area contributed by atoms with Gasteiger partial charge in [-0.3, -0.25) is 4.79 Å². The maximum Gasteiger partial charge on any atom is 0.416 e. The zero-order chi connectivity index (χ0) is 19.4. The number of amides is 1. The number of hydrogen-bond acceptors (Lipinski definition) is 5. The molecule has 1 N–H and O–H groups in total. The van der Waals surface area contributed by atoms with E-state index in [4.69, 9.17) is 9.26 Å². The van der Waals surface area contributed by atoms with Crippen molar-refractivity contribution < 1.29 is 27.2 Å². The second-order valence-electron chi connectivity index (χ2n) is 5.57. The van der Waals surface area contributed by atoms with Gasteiger partial charge >= 0.3 is 6.18 Å². The Bertz CT molecular complexity index is 920. The Morgan fingerprint density at radius 3 is 2.33 bits per heavy atom. The monoisotopic (exact) mass is 377 g/mol. The van der Waals surface area contributed by atoms with Crippen LogP contribution in [-0.4, -0.2) is 22.7 Å². The van der Waals surface area contributed by atoms with Crippen LogP contribution < -0.4 is 10.1 Å². The molecular formula is C18H14F3N3O3. The van der Waals surface area contributed by atoms with Crippen LogP contribution in [0.2, 0.25) is 0 Å². The van der Waals surface area contributed by atoms with Crippen LogP contribution in [0.25, 0.3) is 11.4 Å². The first-order chi connectivity index (χ1) is 12.8. The minimum absolute atomic E-state index is 0.249. The van der Waals surface area contributed by atoms with Gasteiger partial charge in [0.1, 0.15) is 5.75 Å². The molecule has 0 bridgehead atoms. The molecule has 1 amide bonds. The number of aryl methyl sites for hydroxylation is 1. The molecule has 2 aromatic carbocycles. The summed E-state index contributed by atoms with van der Waals surface area (Å²) in [6.45, 7) is 1.39. The van der Waals surface area contributed by atoms with Gasteiger partial charge in [0, 0.05) is 18.2 Å². The van der Waals surface area contributed by atoms with Crippen LogP contribution in [0.5, 0.6) is 5.75 Å². The van der Waals surface area contributed by atoms with Gasteiger partial charge in [-0.05, 0) is 48.5 Å². The number of anilines is 1. The lowest BCUT2D eigenvalue weighted by atomic mass is 10.2. The predicted molar refractivity (Wildman–Crippen MR) is 90.0 cm³/mol. The van der Waals surface area contributed by atoms with E-state index in [1.165, 1.54) is 12.1 Å². The highest BCUT2D eigenvalue weighted by atomic mass is 19.4. The van der Waals surface area contributed by atoms with Gasteiger partial charge in [0.15, 0.2) is 6.61 Å². The predicted octanol–water partition coefficient (Wildman–Crippen LogP) is 4.08. The number of carbonyl (C=O) groups excluding carboxylic acids is 1. The summed E-state index contributed by atoms with van der Waals surface area (Å²) in [5.74, 6) is 0.846. The molecule has 140 valence electrons. The third-order valence-electron chi connectivity index (χ3n) is 3.51. The molecule has 0 aliphatic heterocycles. The molecule has 0 atom stereocenters. The van der Waals surface area contributed by atoms with Gasteiger partial charge in [-0.15, -0.1) is 0 Å². The Kier molecular flexibility index (Phi) is 5.11. The molecule has 1 heterocycles. The van der Waals surface area contributed by atoms with Gasteiger partial charge < -0.3 is 14.6 Å². The lowest BCUT2D eigenvalue weighted by Gasteiger charge is -2.10. The fourth-order valence-electron chi connectivity index (χ4n) is 2.21. The lowest BCUT2D eigenvalue weighted by molar-refractivity contribution is -0.137. The number of alkyl halides is 3. The molecule has 0 saturated heterocycles. The average Bonchev–Trinajstić information content (AvgIpc) is 3.06. The van der Waals surface area contributed by atoms with Gasteiger partial charge in [-0.25, -0.2) is 0 Å². The van der Waals surface area contributed by atoms with Crippen molar-refractivity contribution in [2.24, 2.45) is 0 Å². The Morgan fingerprint density at radius 1 is 1.11 bits per heavy atom. The van der Waals surface area contributed by atoms with Crippen LogP contribution in [-0.2, 0) is 11.0 Å². The van der Waals surface area contributed by atoms with Crippen molar-refractivity contribution >= 4 is 11.6 Å². The summed E-state index contributed by atoms with van der Waals surface area (Å²) in [5, 5.41) is 6.26. The van der Waals surface area contributed by atoms with Gasteiger partial charge in [-0.1, -0.05) is 5.16 Å². The van der Waals surface area contributed by atoms with E-state index < -0.39 is 17.6 Å². The van der Waals surface area contributed by atoms with Crippen LogP contribution in [0.4, 0.5) is 18.9 Å². The van der Waals surface area contributed by atoms with Crippen molar-refractivity contribution in [3.05, 3.63) is 60.0 Å². The first-order valence-electron chi connectivity index (χ1n) is 7.82. The maximum atomic E-state index is 12.5. The summed E-state index contributed by atoms with van der Waals surface area (Å²) < 4.78 is 47.8. The second kappa shape index (κ2) is 7.48. The minimum atomic E-state index is -4.42. The van der Waals surface area contributed by atoms with E-state index in [1.807, 2.05) is 0 Å². The molecule has 0 aliphatic rings. The quantitative estimate of drug-likeness (QED) is 0.725. The minimum Gasteiger partial charge on any atom is -0.484 e. The van der Waals surface area contributed by atoms with E-state index in [-0.39, 0.29) is 12.3 Å². The number of halogens is 3. The number of benzene rings is 2. The maximum absolute atomic E-state index is 12.5. The number of ether oxygens (including phenoxy) is 1. The molecule has 3 rings (SSSR count). The van der Waals surface area contributed by atoms with E-state index >= 15 is 0 Å². The largest absolute Gasteiger partial charge is 0.484 e. The van der Waals surface area contributed by atoms with Crippen molar-refractivity contribution in [3.8, 4) is 17.1 Å². The number of carbonyl (C=O) groups is 1. The normalized spacial score (nSPS) is 11.3. The van der Waals surface area contributed by atoms with Crippen molar-refractivity contribution in [1.29, 1.82) is 0 Å². The molecule has 3 aromatic rings. The zero-order valence-electron chi connectivity index (χ0n) is 14.1. The van der Waals surface area contributed by atoms with Crippen LogP contribution in [0.1, 0.15) is 11.5 Å². The standard InChI is InChI=1S/C18H14F3N3O3/c1-11-22-17(24-27-11)12-2-8-15(9-3-12)26-10-16(25)23-14-6-4-13(5-7-14)18(19,20)21/h2-9H,10H2,1H3,(H,23,25). The van der Waals surface area contributed by atoms with Crippen LogP contribution in [0.3, 0.4) is 0 Å². The Balaban J connectivity index is 1.53. The molecule has 0 spiro atoms. The molecule has 6 nitrogen and oxygen atoms in total. The van der Waals surface area contributed by atoms with Crippen LogP contribution >= 0.6 is 0 Å². The van der Waals surface area contributed by atoms with E-state index in [0.717, 1.165) is 17.7 Å². The van der Waals surface area contributed by atoms with Crippen LogP contribution in [0, 0.1) is 6.92 Å². The van der Waals surface area contributed by atoms with E-state index in [9.17, 15) is 18.0 Å². The fourth-order valence-corrected chi connectivity index (χ4v) is 2.21. The zero-order valence-corrected chi connectivity index (χ0v) is 14.1. The molecule has 9 heteroatoms. The molecule has 0 radical (unpaired) electrons. The molecule has 27 heavy (non-hydrogen) atoms. The summed E-state index contributed by atoms with van der Waals surface area (Å²) in [7, 11) is 0. The molecule has 0 aliphatic carbocycles.